The van der Waals surface area contributed by atoms with Crippen molar-refractivity contribution >= 4 is 6.09 Å². The maximum Gasteiger partial charge on any atom is 0.407 e. The van der Waals surface area contributed by atoms with Crippen LogP contribution in [0.1, 0.15) is 27.2 Å². The first-order valence-electron chi connectivity index (χ1n) is 5.90. The van der Waals surface area contributed by atoms with Crippen molar-refractivity contribution in [3.63, 3.8) is 0 Å². The van der Waals surface area contributed by atoms with E-state index in [9.17, 15) is 4.79 Å². The number of nitrogens with two attached hydrogens (primary N) is 1. The molecule has 5 N–H and O–H groups in total. The van der Waals surface area contributed by atoms with E-state index in [1.807, 2.05) is 20.8 Å². The quantitative estimate of drug-likeness (QED) is 0.468. The van der Waals surface area contributed by atoms with E-state index in [1.54, 1.807) is 0 Å². The van der Waals surface area contributed by atoms with E-state index < -0.39 is 11.7 Å². The lowest BCUT2D eigenvalue weighted by Crippen LogP contribution is -2.46. The Labute approximate surface area is 103 Å². The van der Waals surface area contributed by atoms with Crippen LogP contribution in [0.2, 0.25) is 0 Å². The Hall–Kier alpha value is -0.850. The second kappa shape index (κ2) is 8.27. The monoisotopic (exact) mass is 247 g/mol. The molecule has 0 spiro atoms. The molecule has 0 aromatic heterocycles. The van der Waals surface area contributed by atoms with E-state index in [-0.39, 0.29) is 12.6 Å². The van der Waals surface area contributed by atoms with Crippen LogP contribution in [0.25, 0.3) is 0 Å². The van der Waals surface area contributed by atoms with E-state index in [4.69, 9.17) is 15.6 Å². The summed E-state index contributed by atoms with van der Waals surface area (Å²) in [6.07, 6.45) is 0.225. The van der Waals surface area contributed by atoms with Crippen LogP contribution in [0.3, 0.4) is 0 Å². The molecule has 0 radical (unpaired) electrons. The van der Waals surface area contributed by atoms with E-state index in [0.717, 1.165) is 0 Å². The number of aliphatic hydroxyl groups excluding tert-OH is 1. The maximum absolute atomic E-state index is 11.4. The molecule has 1 amide bonds. The Morgan fingerprint density at radius 3 is 2.59 bits per heavy atom. The van der Waals surface area contributed by atoms with Crippen molar-refractivity contribution in [2.45, 2.75) is 38.8 Å². The molecule has 0 saturated carbocycles. The van der Waals surface area contributed by atoms with Crippen LogP contribution in [0.5, 0.6) is 0 Å². The summed E-state index contributed by atoms with van der Waals surface area (Å²) in [5.74, 6) is 0. The van der Waals surface area contributed by atoms with Crippen molar-refractivity contribution in [1.82, 2.24) is 10.6 Å². The number of rotatable bonds is 7. The van der Waals surface area contributed by atoms with Gasteiger partial charge in [-0.2, -0.15) is 0 Å². The third kappa shape index (κ3) is 10.0. The second-order valence-electron chi connectivity index (χ2n) is 4.85. The summed E-state index contributed by atoms with van der Waals surface area (Å²) in [6, 6.07) is -0.00549. The summed E-state index contributed by atoms with van der Waals surface area (Å²) in [7, 11) is 0. The van der Waals surface area contributed by atoms with Gasteiger partial charge < -0.3 is 26.2 Å². The predicted octanol–water partition coefficient (Wildman–Crippen LogP) is -0.190. The maximum atomic E-state index is 11.4. The number of hydrogen-bond acceptors (Lipinski definition) is 5. The molecule has 6 heteroatoms. The Morgan fingerprint density at radius 1 is 1.47 bits per heavy atom. The minimum atomic E-state index is -0.493. The molecule has 0 aliphatic carbocycles. The number of alkyl carbamates (subject to hydrolysis) is 1. The number of carbonyl (C=O) groups excluding carboxylic acids is 1. The van der Waals surface area contributed by atoms with Gasteiger partial charge in [-0.05, 0) is 33.7 Å². The van der Waals surface area contributed by atoms with Crippen LogP contribution in [-0.2, 0) is 4.74 Å². The average Bonchev–Trinajstić information content (AvgIpc) is 2.20. The van der Waals surface area contributed by atoms with E-state index >= 15 is 0 Å². The predicted molar refractivity (Wildman–Crippen MR) is 66.8 cm³/mol. The first-order valence-corrected chi connectivity index (χ1v) is 5.90. The number of hydrogen-bond donors (Lipinski definition) is 4. The summed E-state index contributed by atoms with van der Waals surface area (Å²) in [6.45, 7) is 7.09. The number of carbonyl (C=O) groups is 1. The fourth-order valence-electron chi connectivity index (χ4n) is 1.14. The van der Waals surface area contributed by atoms with Crippen LogP contribution in [-0.4, -0.2) is 49.1 Å². The van der Waals surface area contributed by atoms with Crippen LogP contribution >= 0.6 is 0 Å². The first-order chi connectivity index (χ1) is 7.89. The van der Waals surface area contributed by atoms with Gasteiger partial charge in [0.1, 0.15) is 5.60 Å². The highest BCUT2D eigenvalue weighted by atomic mass is 16.6. The fourth-order valence-corrected chi connectivity index (χ4v) is 1.14. The second-order valence-corrected chi connectivity index (χ2v) is 4.85. The number of amides is 1. The zero-order valence-electron chi connectivity index (χ0n) is 11.0. The van der Waals surface area contributed by atoms with Gasteiger partial charge in [0.05, 0.1) is 0 Å². The van der Waals surface area contributed by atoms with E-state index in [0.29, 0.717) is 26.1 Å². The highest BCUT2D eigenvalue weighted by Crippen LogP contribution is 2.06. The minimum Gasteiger partial charge on any atom is -0.444 e. The molecule has 0 aromatic rings. The van der Waals surface area contributed by atoms with Crippen molar-refractivity contribution in [3.05, 3.63) is 0 Å². The van der Waals surface area contributed by atoms with Gasteiger partial charge in [0.15, 0.2) is 0 Å². The molecular formula is C11H25N3O3. The normalized spacial score (nSPS) is 13.2. The molecule has 1 unspecified atom stereocenters. The summed E-state index contributed by atoms with van der Waals surface area (Å²) in [5.41, 5.74) is 5.06. The zero-order valence-corrected chi connectivity index (χ0v) is 11.0. The van der Waals surface area contributed by atoms with Gasteiger partial charge in [0, 0.05) is 25.7 Å². The summed E-state index contributed by atoms with van der Waals surface area (Å²) in [4.78, 5) is 11.4. The Morgan fingerprint density at radius 2 is 2.12 bits per heavy atom. The molecule has 0 rings (SSSR count). The Kier molecular flexibility index (Phi) is 7.86. The van der Waals surface area contributed by atoms with Gasteiger partial charge in [-0.1, -0.05) is 0 Å². The molecular weight excluding hydrogens is 222 g/mol. The van der Waals surface area contributed by atoms with Gasteiger partial charge in [-0.3, -0.25) is 0 Å². The number of nitrogens with one attached hydrogen (secondary N) is 2. The average molecular weight is 247 g/mol. The van der Waals surface area contributed by atoms with Gasteiger partial charge in [0.25, 0.3) is 0 Å². The van der Waals surface area contributed by atoms with Gasteiger partial charge in [-0.25, -0.2) is 4.79 Å². The minimum absolute atomic E-state index is 0.00549. The largest absolute Gasteiger partial charge is 0.444 e. The SMILES string of the molecule is CC(C)(C)OC(=O)NCC(CN)NCCCO. The molecule has 17 heavy (non-hydrogen) atoms. The van der Waals surface area contributed by atoms with E-state index in [1.165, 1.54) is 0 Å². The lowest BCUT2D eigenvalue weighted by Gasteiger charge is -2.22. The molecule has 6 nitrogen and oxygen atoms in total. The smallest absolute Gasteiger partial charge is 0.407 e. The van der Waals surface area contributed by atoms with Crippen molar-refractivity contribution in [3.8, 4) is 0 Å². The lowest BCUT2D eigenvalue weighted by molar-refractivity contribution is 0.0523. The molecule has 1 atom stereocenters. The highest BCUT2D eigenvalue weighted by molar-refractivity contribution is 5.67. The lowest BCUT2D eigenvalue weighted by atomic mass is 10.2. The third-order valence-corrected chi connectivity index (χ3v) is 1.94. The van der Waals surface area contributed by atoms with Gasteiger partial charge in [-0.15, -0.1) is 0 Å². The summed E-state index contributed by atoms with van der Waals surface area (Å²) in [5, 5.41) is 14.4. The molecule has 0 heterocycles. The Balaban J connectivity index is 3.78. The van der Waals surface area contributed by atoms with E-state index in [2.05, 4.69) is 10.6 Å². The molecule has 0 aromatic carbocycles. The highest BCUT2D eigenvalue weighted by Gasteiger charge is 2.16. The summed E-state index contributed by atoms with van der Waals surface area (Å²) >= 11 is 0. The van der Waals surface area contributed by atoms with Gasteiger partial charge in [0.2, 0.25) is 0 Å². The zero-order chi connectivity index (χ0) is 13.3. The molecule has 0 fully saturated rings. The fraction of sp³-hybridized carbons (Fsp3) is 0.909. The number of aliphatic hydroxyl groups is 1. The summed E-state index contributed by atoms with van der Waals surface area (Å²) < 4.78 is 5.10. The van der Waals surface area contributed by atoms with Crippen molar-refractivity contribution in [2.24, 2.45) is 5.73 Å². The van der Waals surface area contributed by atoms with Crippen LogP contribution < -0.4 is 16.4 Å². The van der Waals surface area contributed by atoms with Crippen LogP contribution in [0.4, 0.5) is 4.79 Å². The van der Waals surface area contributed by atoms with Crippen LogP contribution in [0.15, 0.2) is 0 Å². The first kappa shape index (κ1) is 16.1. The molecule has 0 aliphatic heterocycles. The topological polar surface area (TPSA) is 96.6 Å². The molecule has 102 valence electrons. The van der Waals surface area contributed by atoms with Crippen molar-refractivity contribution in [2.75, 3.05) is 26.2 Å². The van der Waals surface area contributed by atoms with Gasteiger partial charge >= 0.3 is 6.09 Å². The molecule has 0 aliphatic rings. The standard InChI is InChI=1S/C11H25N3O3/c1-11(2,3)17-10(16)14-8-9(7-12)13-5-4-6-15/h9,13,15H,4-8,12H2,1-3H3,(H,14,16). The van der Waals surface area contributed by atoms with Crippen LogP contribution in [0, 0.1) is 0 Å². The molecule has 0 bridgehead atoms. The Bertz CT molecular complexity index is 216. The third-order valence-electron chi connectivity index (χ3n) is 1.94. The number of ether oxygens (including phenoxy) is 1. The van der Waals surface area contributed by atoms with Crippen molar-refractivity contribution in [1.29, 1.82) is 0 Å². The van der Waals surface area contributed by atoms with Crippen molar-refractivity contribution < 1.29 is 14.6 Å². The molecule has 0 saturated heterocycles.